The van der Waals surface area contributed by atoms with Crippen LogP contribution in [0.1, 0.15) is 12.5 Å². The van der Waals surface area contributed by atoms with Gasteiger partial charge in [-0.25, -0.2) is 0 Å². The molecule has 0 aliphatic carbocycles. The summed E-state index contributed by atoms with van der Waals surface area (Å²) >= 11 is 0. The Balaban J connectivity index is 1.84. The molecule has 1 N–H and O–H groups in total. The third-order valence-electron chi connectivity index (χ3n) is 3.78. The average molecular weight is 335 g/mol. The maximum Gasteiger partial charge on any atom is 0.251 e. The number of benzene rings is 2. The zero-order valence-electron chi connectivity index (χ0n) is 14.6. The van der Waals surface area contributed by atoms with Crippen LogP contribution in [0.4, 0.5) is 23.1 Å². The summed E-state index contributed by atoms with van der Waals surface area (Å²) < 4.78 is 5.17. The van der Waals surface area contributed by atoms with Crippen LogP contribution in [-0.2, 0) is 0 Å². The highest BCUT2D eigenvalue weighted by Gasteiger charge is 2.12. The fourth-order valence-electron chi connectivity index (χ4n) is 2.53. The van der Waals surface area contributed by atoms with Crippen molar-refractivity contribution in [2.45, 2.75) is 13.8 Å². The van der Waals surface area contributed by atoms with E-state index in [1.807, 2.05) is 41.3 Å². The first-order valence-corrected chi connectivity index (χ1v) is 8.14. The van der Waals surface area contributed by atoms with Crippen LogP contribution in [0.25, 0.3) is 0 Å². The maximum absolute atomic E-state index is 5.17. The molecule has 0 fully saturated rings. The molecule has 0 spiro atoms. The molecular weight excluding hydrogens is 314 g/mol. The molecule has 0 atom stereocenters. The zero-order chi connectivity index (χ0) is 17.6. The van der Waals surface area contributed by atoms with Crippen molar-refractivity contribution in [2.24, 2.45) is 0 Å². The summed E-state index contributed by atoms with van der Waals surface area (Å²) in [5.74, 6) is 2.01. The summed E-state index contributed by atoms with van der Waals surface area (Å²) in [5, 5.41) is 11.5. The van der Waals surface area contributed by atoms with E-state index in [0.717, 1.165) is 23.7 Å². The predicted molar refractivity (Wildman–Crippen MR) is 100.0 cm³/mol. The number of anilines is 4. The van der Waals surface area contributed by atoms with Crippen molar-refractivity contribution in [1.82, 2.24) is 15.2 Å². The number of hydrogen-bond donors (Lipinski definition) is 1. The largest absolute Gasteiger partial charge is 0.497 e. The SMILES string of the molecule is CCN(c1cccc(C)c1)c1nncc(Nc2ccc(OC)cc2)n1. The number of nitrogens with one attached hydrogen (secondary N) is 1. The molecule has 25 heavy (non-hydrogen) atoms. The number of rotatable bonds is 6. The van der Waals surface area contributed by atoms with E-state index >= 15 is 0 Å². The van der Waals surface area contributed by atoms with E-state index in [1.54, 1.807) is 13.3 Å². The van der Waals surface area contributed by atoms with Crippen molar-refractivity contribution in [3.63, 3.8) is 0 Å². The van der Waals surface area contributed by atoms with E-state index < -0.39 is 0 Å². The molecule has 0 amide bonds. The van der Waals surface area contributed by atoms with Gasteiger partial charge in [0.2, 0.25) is 0 Å². The summed E-state index contributed by atoms with van der Waals surface area (Å²) in [6.45, 7) is 4.88. The number of hydrogen-bond acceptors (Lipinski definition) is 6. The van der Waals surface area contributed by atoms with Crippen molar-refractivity contribution in [1.29, 1.82) is 0 Å². The molecule has 1 aromatic heterocycles. The van der Waals surface area contributed by atoms with Gasteiger partial charge in [0.05, 0.1) is 13.3 Å². The summed E-state index contributed by atoms with van der Waals surface area (Å²) in [4.78, 5) is 6.62. The van der Waals surface area contributed by atoms with E-state index in [4.69, 9.17) is 4.74 Å². The molecule has 1 heterocycles. The Morgan fingerprint density at radius 1 is 1.12 bits per heavy atom. The molecule has 0 aliphatic rings. The first-order chi connectivity index (χ1) is 12.2. The van der Waals surface area contributed by atoms with E-state index in [1.165, 1.54) is 5.56 Å². The molecular formula is C19H21N5O. The second-order valence-corrected chi connectivity index (χ2v) is 5.58. The second kappa shape index (κ2) is 7.61. The second-order valence-electron chi connectivity index (χ2n) is 5.58. The number of nitrogens with zero attached hydrogens (tertiary/aromatic N) is 4. The Bertz CT molecular complexity index is 835. The Hall–Kier alpha value is -3.15. The van der Waals surface area contributed by atoms with Crippen LogP contribution < -0.4 is 15.0 Å². The molecule has 3 rings (SSSR count). The first-order valence-electron chi connectivity index (χ1n) is 8.14. The number of aromatic nitrogens is 3. The van der Waals surface area contributed by atoms with Crippen molar-refractivity contribution in [3.8, 4) is 5.75 Å². The predicted octanol–water partition coefficient (Wildman–Crippen LogP) is 4.09. The molecule has 0 saturated heterocycles. The minimum atomic E-state index is 0.562. The minimum absolute atomic E-state index is 0.562. The van der Waals surface area contributed by atoms with Gasteiger partial charge in [-0.3, -0.25) is 0 Å². The van der Waals surface area contributed by atoms with Crippen LogP contribution in [0.15, 0.2) is 54.7 Å². The van der Waals surface area contributed by atoms with Crippen LogP contribution in [-0.4, -0.2) is 28.8 Å². The lowest BCUT2D eigenvalue weighted by atomic mass is 10.2. The van der Waals surface area contributed by atoms with Gasteiger partial charge < -0.3 is 15.0 Å². The Kier molecular flexibility index (Phi) is 5.09. The van der Waals surface area contributed by atoms with Gasteiger partial charge in [-0.1, -0.05) is 12.1 Å². The van der Waals surface area contributed by atoms with E-state index in [2.05, 4.69) is 46.5 Å². The third-order valence-corrected chi connectivity index (χ3v) is 3.78. The van der Waals surface area contributed by atoms with Crippen molar-refractivity contribution in [2.75, 3.05) is 23.9 Å². The first kappa shape index (κ1) is 16.7. The Morgan fingerprint density at radius 2 is 1.92 bits per heavy atom. The van der Waals surface area contributed by atoms with Crippen molar-refractivity contribution in [3.05, 3.63) is 60.3 Å². The molecule has 6 heteroatoms. The highest BCUT2D eigenvalue weighted by Crippen LogP contribution is 2.24. The quantitative estimate of drug-likeness (QED) is 0.732. The summed E-state index contributed by atoms with van der Waals surface area (Å²) in [6, 6.07) is 15.9. The topological polar surface area (TPSA) is 63.2 Å². The zero-order valence-corrected chi connectivity index (χ0v) is 14.6. The van der Waals surface area contributed by atoms with Crippen LogP contribution in [0.5, 0.6) is 5.75 Å². The standard InChI is InChI=1S/C19H21N5O/c1-4-24(16-7-5-6-14(2)12-16)19-22-18(13-20-23-19)21-15-8-10-17(25-3)11-9-15/h5-13H,4H2,1-3H3,(H,21,22,23). The van der Waals surface area contributed by atoms with Crippen molar-refractivity contribution < 1.29 is 4.74 Å². The molecule has 0 radical (unpaired) electrons. The smallest absolute Gasteiger partial charge is 0.251 e. The Labute approximate surface area is 147 Å². The van der Waals surface area contributed by atoms with Gasteiger partial charge in [0, 0.05) is 17.9 Å². The molecule has 3 aromatic rings. The third kappa shape index (κ3) is 4.03. The molecule has 128 valence electrons. The maximum atomic E-state index is 5.17. The summed E-state index contributed by atoms with van der Waals surface area (Å²) in [7, 11) is 1.65. The van der Waals surface area contributed by atoms with Gasteiger partial charge in [-0.2, -0.15) is 10.1 Å². The lowest BCUT2D eigenvalue weighted by Crippen LogP contribution is -2.19. The number of methoxy groups -OCH3 is 1. The van der Waals surface area contributed by atoms with Crippen LogP contribution in [0.2, 0.25) is 0 Å². The number of aryl methyl sites for hydroxylation is 1. The fraction of sp³-hybridized carbons (Fsp3) is 0.211. The minimum Gasteiger partial charge on any atom is -0.497 e. The average Bonchev–Trinajstić information content (AvgIpc) is 2.63. The fourth-order valence-corrected chi connectivity index (χ4v) is 2.53. The molecule has 2 aromatic carbocycles. The van der Waals surface area contributed by atoms with E-state index in [-0.39, 0.29) is 0 Å². The van der Waals surface area contributed by atoms with Gasteiger partial charge in [0.15, 0.2) is 5.82 Å². The van der Waals surface area contributed by atoms with Gasteiger partial charge in [-0.15, -0.1) is 5.10 Å². The molecule has 0 bridgehead atoms. The highest BCUT2D eigenvalue weighted by molar-refractivity contribution is 5.61. The van der Waals surface area contributed by atoms with Crippen LogP contribution >= 0.6 is 0 Å². The molecule has 0 saturated carbocycles. The van der Waals surface area contributed by atoms with Gasteiger partial charge in [0.25, 0.3) is 5.95 Å². The van der Waals surface area contributed by atoms with E-state index in [9.17, 15) is 0 Å². The summed E-state index contributed by atoms with van der Waals surface area (Å²) in [6.07, 6.45) is 1.61. The number of ether oxygens (including phenoxy) is 1. The normalized spacial score (nSPS) is 10.4. The van der Waals surface area contributed by atoms with E-state index in [0.29, 0.717) is 11.8 Å². The highest BCUT2D eigenvalue weighted by atomic mass is 16.5. The molecule has 0 unspecified atom stereocenters. The van der Waals surface area contributed by atoms with Crippen LogP contribution in [0.3, 0.4) is 0 Å². The van der Waals surface area contributed by atoms with Crippen molar-refractivity contribution >= 4 is 23.1 Å². The summed E-state index contributed by atoms with van der Waals surface area (Å²) in [5.41, 5.74) is 3.15. The molecule has 0 aliphatic heterocycles. The van der Waals surface area contributed by atoms with Crippen LogP contribution in [0, 0.1) is 6.92 Å². The lowest BCUT2D eigenvalue weighted by molar-refractivity contribution is 0.415. The van der Waals surface area contributed by atoms with Gasteiger partial charge >= 0.3 is 0 Å². The monoisotopic (exact) mass is 335 g/mol. The van der Waals surface area contributed by atoms with Gasteiger partial charge in [-0.05, 0) is 55.8 Å². The lowest BCUT2D eigenvalue weighted by Gasteiger charge is -2.21. The molecule has 6 nitrogen and oxygen atoms in total. The Morgan fingerprint density at radius 3 is 2.60 bits per heavy atom. The van der Waals surface area contributed by atoms with Gasteiger partial charge in [0.1, 0.15) is 5.75 Å².